The number of nitro benzene ring substituents is 1. The molecule has 108 valence electrons. The Morgan fingerprint density at radius 2 is 2.15 bits per heavy atom. The molecule has 1 aliphatic carbocycles. The summed E-state index contributed by atoms with van der Waals surface area (Å²) in [6, 6.07) is 5.04. The third kappa shape index (κ3) is 3.33. The predicted molar refractivity (Wildman–Crippen MR) is 74.1 cm³/mol. The molecule has 1 aromatic carbocycles. The monoisotopic (exact) mass is 278 g/mol. The van der Waals surface area contributed by atoms with Gasteiger partial charge in [-0.2, -0.15) is 0 Å². The lowest BCUT2D eigenvalue weighted by Gasteiger charge is -2.23. The van der Waals surface area contributed by atoms with Crippen LogP contribution in [-0.4, -0.2) is 21.9 Å². The molecule has 0 bridgehead atoms. The van der Waals surface area contributed by atoms with Crippen molar-refractivity contribution in [3.63, 3.8) is 0 Å². The Labute approximate surface area is 117 Å². The van der Waals surface area contributed by atoms with Gasteiger partial charge in [-0.05, 0) is 38.2 Å². The van der Waals surface area contributed by atoms with Gasteiger partial charge in [-0.15, -0.1) is 0 Å². The van der Waals surface area contributed by atoms with Crippen molar-refractivity contribution >= 4 is 11.4 Å². The third-order valence-corrected chi connectivity index (χ3v) is 3.74. The van der Waals surface area contributed by atoms with Crippen LogP contribution in [-0.2, 0) is 11.3 Å². The second kappa shape index (κ2) is 6.47. The number of oxime groups is 1. The molecule has 1 aromatic rings. The SMILES string of the molecule is Cc1c(COC2CCC(=NO)CC2)cccc1[N+](=O)[O-]. The van der Waals surface area contributed by atoms with Crippen molar-refractivity contribution in [3.8, 4) is 0 Å². The van der Waals surface area contributed by atoms with Crippen LogP contribution >= 0.6 is 0 Å². The van der Waals surface area contributed by atoms with E-state index in [0.29, 0.717) is 12.2 Å². The molecular formula is C14H18N2O4. The van der Waals surface area contributed by atoms with Crippen molar-refractivity contribution in [2.24, 2.45) is 5.16 Å². The minimum absolute atomic E-state index is 0.124. The van der Waals surface area contributed by atoms with Crippen LogP contribution in [0.3, 0.4) is 0 Å². The van der Waals surface area contributed by atoms with Crippen LogP contribution in [0.25, 0.3) is 0 Å². The maximum atomic E-state index is 10.9. The first-order valence-electron chi connectivity index (χ1n) is 6.66. The summed E-state index contributed by atoms with van der Waals surface area (Å²) in [6.07, 6.45) is 3.27. The van der Waals surface area contributed by atoms with Crippen LogP contribution < -0.4 is 0 Å². The van der Waals surface area contributed by atoms with Gasteiger partial charge < -0.3 is 9.94 Å². The number of ether oxygens (including phenoxy) is 1. The van der Waals surface area contributed by atoms with E-state index in [4.69, 9.17) is 9.94 Å². The largest absolute Gasteiger partial charge is 0.411 e. The molecule has 20 heavy (non-hydrogen) atoms. The van der Waals surface area contributed by atoms with Gasteiger partial charge >= 0.3 is 0 Å². The summed E-state index contributed by atoms with van der Waals surface area (Å²) < 4.78 is 5.82. The zero-order valence-electron chi connectivity index (χ0n) is 11.4. The molecule has 0 unspecified atom stereocenters. The first kappa shape index (κ1) is 14.5. The fourth-order valence-corrected chi connectivity index (χ4v) is 2.42. The summed E-state index contributed by atoms with van der Waals surface area (Å²) >= 11 is 0. The van der Waals surface area contributed by atoms with Gasteiger partial charge in [-0.3, -0.25) is 10.1 Å². The van der Waals surface area contributed by atoms with E-state index in [9.17, 15) is 10.1 Å². The van der Waals surface area contributed by atoms with Crippen molar-refractivity contribution in [2.75, 3.05) is 0 Å². The Balaban J connectivity index is 1.95. The Morgan fingerprint density at radius 1 is 1.45 bits per heavy atom. The van der Waals surface area contributed by atoms with E-state index in [1.165, 1.54) is 6.07 Å². The zero-order valence-corrected chi connectivity index (χ0v) is 11.4. The minimum atomic E-state index is -0.372. The molecule has 6 heteroatoms. The highest BCUT2D eigenvalue weighted by Gasteiger charge is 2.19. The van der Waals surface area contributed by atoms with E-state index in [-0.39, 0.29) is 16.7 Å². The van der Waals surface area contributed by atoms with Crippen molar-refractivity contribution in [1.29, 1.82) is 0 Å². The van der Waals surface area contributed by atoms with Crippen LogP contribution in [0.2, 0.25) is 0 Å². The fraction of sp³-hybridized carbons (Fsp3) is 0.500. The normalized spacial score (nSPS) is 18.9. The molecule has 0 saturated heterocycles. The predicted octanol–water partition coefficient (Wildman–Crippen LogP) is 3.19. The molecule has 1 aliphatic rings. The molecule has 2 rings (SSSR count). The van der Waals surface area contributed by atoms with Crippen molar-refractivity contribution in [3.05, 3.63) is 39.4 Å². The summed E-state index contributed by atoms with van der Waals surface area (Å²) in [4.78, 5) is 10.5. The minimum Gasteiger partial charge on any atom is -0.411 e. The number of hydrogen-bond acceptors (Lipinski definition) is 5. The smallest absolute Gasteiger partial charge is 0.272 e. The molecule has 0 aromatic heterocycles. The molecule has 1 fully saturated rings. The summed E-state index contributed by atoms with van der Waals surface area (Å²) in [5, 5.41) is 22.8. The van der Waals surface area contributed by atoms with Gasteiger partial charge in [-0.25, -0.2) is 0 Å². The quantitative estimate of drug-likeness (QED) is 0.520. The average Bonchev–Trinajstić information content (AvgIpc) is 2.46. The lowest BCUT2D eigenvalue weighted by atomic mass is 9.96. The van der Waals surface area contributed by atoms with E-state index in [1.54, 1.807) is 13.0 Å². The topological polar surface area (TPSA) is 85.0 Å². The number of hydrogen-bond donors (Lipinski definition) is 1. The second-order valence-corrected chi connectivity index (χ2v) is 4.99. The van der Waals surface area contributed by atoms with Gasteiger partial charge in [0.05, 0.1) is 23.3 Å². The van der Waals surface area contributed by atoms with Gasteiger partial charge in [0.15, 0.2) is 0 Å². The standard InChI is InChI=1S/C14H18N2O4/c1-10-11(3-2-4-14(10)16(18)19)9-20-13-7-5-12(15-17)6-8-13/h2-4,13,17H,5-9H2,1H3. The van der Waals surface area contributed by atoms with Crippen LogP contribution in [0.4, 0.5) is 5.69 Å². The Bertz CT molecular complexity index is 518. The molecule has 0 heterocycles. The number of rotatable bonds is 4. The molecule has 0 aliphatic heterocycles. The van der Waals surface area contributed by atoms with E-state index in [0.717, 1.165) is 37.0 Å². The summed E-state index contributed by atoms with van der Waals surface area (Å²) in [5.41, 5.74) is 2.45. The van der Waals surface area contributed by atoms with E-state index < -0.39 is 0 Å². The zero-order chi connectivity index (χ0) is 14.5. The number of nitrogens with zero attached hydrogens (tertiary/aromatic N) is 2. The van der Waals surface area contributed by atoms with Gasteiger partial charge in [0.2, 0.25) is 0 Å². The molecular weight excluding hydrogens is 260 g/mol. The summed E-state index contributed by atoms with van der Waals surface area (Å²) in [6.45, 7) is 2.12. The second-order valence-electron chi connectivity index (χ2n) is 4.99. The van der Waals surface area contributed by atoms with E-state index in [1.807, 2.05) is 6.07 Å². The summed E-state index contributed by atoms with van der Waals surface area (Å²) in [5.74, 6) is 0. The van der Waals surface area contributed by atoms with Crippen molar-refractivity contribution in [2.45, 2.75) is 45.3 Å². The summed E-state index contributed by atoms with van der Waals surface area (Å²) in [7, 11) is 0. The number of benzene rings is 1. The van der Waals surface area contributed by atoms with Crippen LogP contribution in [0.1, 0.15) is 36.8 Å². The van der Waals surface area contributed by atoms with E-state index >= 15 is 0 Å². The number of nitro groups is 1. The lowest BCUT2D eigenvalue weighted by Crippen LogP contribution is -2.21. The van der Waals surface area contributed by atoms with Gasteiger partial charge in [-0.1, -0.05) is 17.3 Å². The average molecular weight is 278 g/mol. The first-order valence-corrected chi connectivity index (χ1v) is 6.66. The van der Waals surface area contributed by atoms with Gasteiger partial charge in [0, 0.05) is 11.6 Å². The molecule has 0 atom stereocenters. The maximum absolute atomic E-state index is 10.9. The molecule has 6 nitrogen and oxygen atoms in total. The molecule has 1 N–H and O–H groups in total. The molecule has 0 amide bonds. The Hall–Kier alpha value is -1.95. The van der Waals surface area contributed by atoms with Gasteiger partial charge in [0.25, 0.3) is 5.69 Å². The van der Waals surface area contributed by atoms with Crippen LogP contribution in [0, 0.1) is 17.0 Å². The highest BCUT2D eigenvalue weighted by molar-refractivity contribution is 5.84. The maximum Gasteiger partial charge on any atom is 0.272 e. The highest BCUT2D eigenvalue weighted by Crippen LogP contribution is 2.24. The molecule has 0 radical (unpaired) electrons. The van der Waals surface area contributed by atoms with Gasteiger partial charge in [0.1, 0.15) is 0 Å². The van der Waals surface area contributed by atoms with Crippen molar-refractivity contribution < 1.29 is 14.9 Å². The molecule has 1 saturated carbocycles. The van der Waals surface area contributed by atoms with Crippen LogP contribution in [0.5, 0.6) is 0 Å². The Kier molecular flexibility index (Phi) is 4.68. The third-order valence-electron chi connectivity index (χ3n) is 3.74. The Morgan fingerprint density at radius 3 is 2.75 bits per heavy atom. The lowest BCUT2D eigenvalue weighted by molar-refractivity contribution is -0.385. The van der Waals surface area contributed by atoms with Crippen molar-refractivity contribution in [1.82, 2.24) is 0 Å². The molecule has 0 spiro atoms. The van der Waals surface area contributed by atoms with Crippen LogP contribution in [0.15, 0.2) is 23.4 Å². The van der Waals surface area contributed by atoms with E-state index in [2.05, 4.69) is 5.16 Å². The first-order chi connectivity index (χ1) is 9.61. The fourth-order valence-electron chi connectivity index (χ4n) is 2.42. The highest BCUT2D eigenvalue weighted by atomic mass is 16.6.